The molecule has 2 nitrogen and oxygen atoms in total. The van der Waals surface area contributed by atoms with Gasteiger partial charge in [-0.2, -0.15) is 11.8 Å². The molecular weight excluding hydrogens is 525 g/mol. The average molecular weight is 585 g/mol. The van der Waals surface area contributed by atoms with Gasteiger partial charge in [0.15, 0.2) is 0 Å². The van der Waals surface area contributed by atoms with Gasteiger partial charge in [-0.3, -0.25) is 0 Å². The van der Waals surface area contributed by atoms with Crippen LogP contribution in [0.15, 0.2) is 60.7 Å². The normalized spacial score (nSPS) is 13.0. The zero-order chi connectivity index (χ0) is 28.9. The van der Waals surface area contributed by atoms with Crippen LogP contribution in [-0.4, -0.2) is 39.6 Å². The summed E-state index contributed by atoms with van der Waals surface area (Å²) in [4.78, 5) is 0. The Bertz CT molecular complexity index is 813. The Hall–Kier alpha value is -1.07. The maximum Gasteiger partial charge on any atom is 0.261 e. The third-order valence-electron chi connectivity index (χ3n) is 8.18. The third-order valence-corrected chi connectivity index (χ3v) is 14.4. The zero-order valence-electron chi connectivity index (χ0n) is 26.6. The molecule has 0 aliphatic rings. The monoisotopic (exact) mass is 584 g/mol. The van der Waals surface area contributed by atoms with E-state index in [2.05, 4.69) is 88.4 Å². The summed E-state index contributed by atoms with van der Waals surface area (Å²) in [6.07, 6.45) is 19.9. The van der Waals surface area contributed by atoms with Crippen molar-refractivity contribution in [3.63, 3.8) is 0 Å². The van der Waals surface area contributed by atoms with Crippen molar-refractivity contribution < 1.29 is 9.16 Å². The van der Waals surface area contributed by atoms with Crippen molar-refractivity contribution in [2.75, 3.05) is 25.2 Å². The van der Waals surface area contributed by atoms with Crippen molar-refractivity contribution in [3.05, 3.63) is 60.7 Å². The predicted molar refractivity (Wildman–Crippen MR) is 182 cm³/mol. The number of rotatable bonds is 23. The minimum absolute atomic E-state index is 0.00458. The average Bonchev–Trinajstić information content (AvgIpc) is 2.96. The molecule has 0 amide bonds. The lowest BCUT2D eigenvalue weighted by Gasteiger charge is -2.43. The number of hydrogen-bond acceptors (Lipinski definition) is 3. The van der Waals surface area contributed by atoms with E-state index in [4.69, 9.17) is 9.16 Å². The lowest BCUT2D eigenvalue weighted by atomic mass is 10.0. The minimum Gasteiger partial charge on any atom is -0.405 e. The Morgan fingerprint density at radius 1 is 0.650 bits per heavy atom. The maximum atomic E-state index is 7.10. The highest BCUT2D eigenvalue weighted by atomic mass is 32.2. The highest BCUT2D eigenvalue weighted by Crippen LogP contribution is 2.37. The molecule has 0 aromatic heterocycles. The van der Waals surface area contributed by atoms with Crippen LogP contribution in [0.25, 0.3) is 0 Å². The van der Waals surface area contributed by atoms with Gasteiger partial charge in [0.05, 0.1) is 12.7 Å². The van der Waals surface area contributed by atoms with Crippen molar-refractivity contribution in [3.8, 4) is 0 Å². The van der Waals surface area contributed by atoms with Gasteiger partial charge >= 0.3 is 0 Å². The molecule has 40 heavy (non-hydrogen) atoms. The molecule has 0 fully saturated rings. The smallest absolute Gasteiger partial charge is 0.261 e. The fraction of sp³-hybridized carbons (Fsp3) is 0.667. The molecule has 4 heteroatoms. The van der Waals surface area contributed by atoms with E-state index < -0.39 is 8.32 Å². The van der Waals surface area contributed by atoms with Crippen molar-refractivity contribution in [2.24, 2.45) is 0 Å². The van der Waals surface area contributed by atoms with Gasteiger partial charge in [-0.25, -0.2) is 0 Å². The second-order valence-corrected chi connectivity index (χ2v) is 18.0. The highest BCUT2D eigenvalue weighted by Gasteiger charge is 2.50. The van der Waals surface area contributed by atoms with Gasteiger partial charge in [0.1, 0.15) is 0 Å². The quantitative estimate of drug-likeness (QED) is 0.0956. The summed E-state index contributed by atoms with van der Waals surface area (Å²) in [6, 6.07) is 21.8. The van der Waals surface area contributed by atoms with E-state index in [1.807, 2.05) is 18.9 Å². The topological polar surface area (TPSA) is 18.5 Å². The van der Waals surface area contributed by atoms with Gasteiger partial charge in [0.25, 0.3) is 8.32 Å². The number of methoxy groups -OCH3 is 1. The van der Waals surface area contributed by atoms with Crippen LogP contribution < -0.4 is 10.4 Å². The van der Waals surface area contributed by atoms with Crippen LogP contribution in [0.3, 0.4) is 0 Å². The summed E-state index contributed by atoms with van der Waals surface area (Å²) in [7, 11) is -0.669. The van der Waals surface area contributed by atoms with Gasteiger partial charge in [0, 0.05) is 12.9 Å². The SMILES string of the molecule is CCCCCCCCCCCCCCCCSC[C@@H](CO[Si](c1ccccc1)(c1ccccc1)C(C)(C)C)OC. The number of ether oxygens (including phenoxy) is 1. The third kappa shape index (κ3) is 12.4. The van der Waals surface area contributed by atoms with Crippen LogP contribution in [0.1, 0.15) is 118 Å². The number of hydrogen-bond donors (Lipinski definition) is 0. The molecule has 1 atom stereocenters. The lowest BCUT2D eigenvalue weighted by Crippen LogP contribution is -2.67. The Balaban J connectivity index is 1.69. The molecule has 0 saturated carbocycles. The molecule has 0 radical (unpaired) electrons. The Kier molecular flexibility index (Phi) is 18.2. The Labute approximate surface area is 253 Å². The van der Waals surface area contributed by atoms with Crippen LogP contribution in [0, 0.1) is 0 Å². The molecule has 0 spiro atoms. The van der Waals surface area contributed by atoms with E-state index in [0.717, 1.165) is 5.75 Å². The summed E-state index contributed by atoms with van der Waals surface area (Å²) >= 11 is 2.03. The van der Waals surface area contributed by atoms with E-state index >= 15 is 0 Å². The zero-order valence-corrected chi connectivity index (χ0v) is 28.4. The summed E-state index contributed by atoms with van der Waals surface area (Å²) in [5, 5.41) is 2.66. The molecule has 0 bridgehead atoms. The van der Waals surface area contributed by atoms with Gasteiger partial charge in [0.2, 0.25) is 0 Å². The molecule has 0 unspecified atom stereocenters. The van der Waals surface area contributed by atoms with E-state index in [0.29, 0.717) is 6.61 Å². The first-order valence-corrected chi connectivity index (χ1v) is 19.4. The molecule has 2 aromatic rings. The maximum absolute atomic E-state index is 7.10. The Morgan fingerprint density at radius 2 is 1.07 bits per heavy atom. The van der Waals surface area contributed by atoms with Crippen molar-refractivity contribution in [1.82, 2.24) is 0 Å². The fourth-order valence-electron chi connectivity index (χ4n) is 5.78. The summed E-state index contributed by atoms with van der Waals surface area (Å²) < 4.78 is 13.0. The highest BCUT2D eigenvalue weighted by molar-refractivity contribution is 7.99. The van der Waals surface area contributed by atoms with Crippen LogP contribution in [0.2, 0.25) is 5.04 Å². The summed E-state index contributed by atoms with van der Waals surface area (Å²) in [6.45, 7) is 9.95. The largest absolute Gasteiger partial charge is 0.405 e. The van der Waals surface area contributed by atoms with Crippen molar-refractivity contribution in [2.45, 2.75) is 129 Å². The number of benzene rings is 2. The molecule has 0 heterocycles. The predicted octanol–water partition coefficient (Wildman–Crippen LogP) is 9.79. The number of unbranched alkanes of at least 4 members (excludes halogenated alkanes) is 13. The van der Waals surface area contributed by atoms with Gasteiger partial charge in [-0.15, -0.1) is 0 Å². The molecule has 0 aliphatic heterocycles. The summed E-state index contributed by atoms with van der Waals surface area (Å²) in [5.74, 6) is 2.21. The first-order chi connectivity index (χ1) is 19.5. The molecular formula is C36H60O2SSi. The molecule has 2 rings (SSSR count). The van der Waals surface area contributed by atoms with Gasteiger partial charge in [-0.05, 0) is 27.6 Å². The van der Waals surface area contributed by atoms with Gasteiger partial charge in [-0.1, -0.05) is 172 Å². The van der Waals surface area contributed by atoms with E-state index in [1.54, 1.807) is 0 Å². The van der Waals surface area contributed by atoms with Crippen LogP contribution >= 0.6 is 11.8 Å². The second-order valence-electron chi connectivity index (χ2n) is 12.5. The first-order valence-electron chi connectivity index (χ1n) is 16.3. The fourth-order valence-corrected chi connectivity index (χ4v) is 11.4. The summed E-state index contributed by atoms with van der Waals surface area (Å²) in [5.41, 5.74) is 0. The molecule has 2 aromatic carbocycles. The van der Waals surface area contributed by atoms with Crippen molar-refractivity contribution in [1.29, 1.82) is 0 Å². The van der Waals surface area contributed by atoms with E-state index in [9.17, 15) is 0 Å². The standard InChI is InChI=1S/C36H60O2SSi/c1-6-7-8-9-10-11-12-13-14-15-16-17-18-25-30-39-32-33(37-5)31-38-40(36(2,3)4,34-26-21-19-22-27-34)35-28-23-20-24-29-35/h19-24,26-29,33H,6-18,25,30-32H2,1-5H3/t33-/m1/s1. The van der Waals surface area contributed by atoms with Crippen LogP contribution in [-0.2, 0) is 9.16 Å². The first kappa shape index (κ1) is 35.1. The van der Waals surface area contributed by atoms with Gasteiger partial charge < -0.3 is 9.16 Å². The minimum atomic E-state index is -2.51. The van der Waals surface area contributed by atoms with E-state index in [-0.39, 0.29) is 11.1 Å². The van der Waals surface area contributed by atoms with E-state index in [1.165, 1.54) is 106 Å². The molecule has 0 aliphatic carbocycles. The van der Waals surface area contributed by atoms with Crippen molar-refractivity contribution >= 4 is 30.5 Å². The van der Waals surface area contributed by atoms with Crippen LogP contribution in [0.5, 0.6) is 0 Å². The van der Waals surface area contributed by atoms with Crippen LogP contribution in [0.4, 0.5) is 0 Å². The molecule has 0 N–H and O–H groups in total. The second kappa shape index (κ2) is 20.7. The molecule has 0 saturated heterocycles. The number of thioether (sulfide) groups is 1. The lowest BCUT2D eigenvalue weighted by molar-refractivity contribution is 0.0713. The molecule has 226 valence electrons. The Morgan fingerprint density at radius 3 is 1.48 bits per heavy atom.